The van der Waals surface area contributed by atoms with E-state index in [1.54, 1.807) is 19.2 Å². The summed E-state index contributed by atoms with van der Waals surface area (Å²) in [6, 6.07) is 9.41. The van der Waals surface area contributed by atoms with Gasteiger partial charge in [0.25, 0.3) is 0 Å². The molecule has 7 nitrogen and oxygen atoms in total. The van der Waals surface area contributed by atoms with Crippen LogP contribution in [0.4, 0.5) is 0 Å². The molecule has 0 atom stereocenters. The number of carbonyl (C=O) groups is 1. The number of nitrogens with zero attached hydrogens (tertiary/aromatic N) is 1. The third-order valence-corrected chi connectivity index (χ3v) is 5.73. The summed E-state index contributed by atoms with van der Waals surface area (Å²) >= 11 is 0. The molecular formula is C26H32N2O5. The van der Waals surface area contributed by atoms with E-state index in [1.165, 1.54) is 14.2 Å². The largest absolute Gasteiger partial charge is 0.502 e. The first-order valence-corrected chi connectivity index (χ1v) is 10.8. The van der Waals surface area contributed by atoms with Gasteiger partial charge in [0.1, 0.15) is 5.75 Å². The van der Waals surface area contributed by atoms with Gasteiger partial charge in [0.2, 0.25) is 11.7 Å². The van der Waals surface area contributed by atoms with Gasteiger partial charge in [-0.3, -0.25) is 4.79 Å². The number of allylic oxidation sites excluding steroid dienone is 2. The Morgan fingerprint density at radius 3 is 2.27 bits per heavy atom. The van der Waals surface area contributed by atoms with Crippen LogP contribution in [0.1, 0.15) is 30.0 Å². The fraction of sp³-hybridized carbons (Fsp3) is 0.346. The molecule has 0 aromatic heterocycles. The second-order valence-corrected chi connectivity index (χ2v) is 8.18. The third kappa shape index (κ3) is 5.31. The van der Waals surface area contributed by atoms with Gasteiger partial charge in [0.15, 0.2) is 11.5 Å². The van der Waals surface area contributed by atoms with Gasteiger partial charge in [-0.05, 0) is 84.8 Å². The number of nitrogens with one attached hydrogen (secondary N) is 1. The predicted octanol–water partition coefficient (Wildman–Crippen LogP) is 3.81. The van der Waals surface area contributed by atoms with Crippen LogP contribution in [-0.4, -0.2) is 64.4 Å². The highest BCUT2D eigenvalue weighted by Crippen LogP contribution is 2.46. The van der Waals surface area contributed by atoms with Gasteiger partial charge in [0.05, 0.1) is 27.8 Å². The molecule has 2 N–H and O–H groups in total. The SMILES string of the molecule is COc1ccc2c(c1)C(CC(=O)NCCN(C)C)=C(C)/C2=C/c1cc(OC)c(O)c(OC)c1. The van der Waals surface area contributed by atoms with E-state index in [1.807, 2.05) is 50.2 Å². The number of amides is 1. The number of rotatable bonds is 9. The Morgan fingerprint density at radius 1 is 1.03 bits per heavy atom. The lowest BCUT2D eigenvalue weighted by atomic mass is 10.00. The normalized spacial score (nSPS) is 14.0. The molecule has 0 unspecified atom stereocenters. The number of phenolic OH excluding ortho intramolecular Hbond substituents is 1. The monoisotopic (exact) mass is 452 g/mol. The molecule has 0 aliphatic heterocycles. The van der Waals surface area contributed by atoms with Crippen molar-refractivity contribution in [3.8, 4) is 23.0 Å². The number of likely N-dealkylation sites (N-methyl/N-ethyl adjacent to an activating group) is 1. The van der Waals surface area contributed by atoms with Crippen LogP contribution in [0.25, 0.3) is 17.2 Å². The highest BCUT2D eigenvalue weighted by Gasteiger charge is 2.26. The van der Waals surface area contributed by atoms with Crippen molar-refractivity contribution in [3.05, 3.63) is 52.6 Å². The minimum atomic E-state index is -0.0407. The number of carbonyl (C=O) groups excluding carboxylic acids is 1. The highest BCUT2D eigenvalue weighted by atomic mass is 16.5. The van der Waals surface area contributed by atoms with E-state index in [9.17, 15) is 9.90 Å². The Labute approximate surface area is 195 Å². The van der Waals surface area contributed by atoms with Crippen LogP contribution in [0.2, 0.25) is 0 Å². The molecule has 0 fully saturated rings. The minimum Gasteiger partial charge on any atom is -0.502 e. The van der Waals surface area contributed by atoms with Crippen LogP contribution in [0.3, 0.4) is 0 Å². The highest BCUT2D eigenvalue weighted by molar-refractivity contribution is 6.08. The molecule has 1 amide bonds. The molecule has 1 aliphatic rings. The number of phenols is 1. The Hall–Kier alpha value is -3.45. The Bertz CT molecular complexity index is 1080. The maximum Gasteiger partial charge on any atom is 0.224 e. The van der Waals surface area contributed by atoms with E-state index < -0.39 is 0 Å². The zero-order chi connectivity index (χ0) is 24.1. The number of hydrogen-bond donors (Lipinski definition) is 2. The average molecular weight is 453 g/mol. The maximum absolute atomic E-state index is 12.7. The van der Waals surface area contributed by atoms with Crippen molar-refractivity contribution in [2.24, 2.45) is 0 Å². The second-order valence-electron chi connectivity index (χ2n) is 8.18. The van der Waals surface area contributed by atoms with Gasteiger partial charge in [-0.25, -0.2) is 0 Å². The molecule has 0 bridgehead atoms. The Morgan fingerprint density at radius 2 is 1.70 bits per heavy atom. The number of benzene rings is 2. The van der Waals surface area contributed by atoms with E-state index in [4.69, 9.17) is 14.2 Å². The molecule has 176 valence electrons. The molecule has 3 rings (SSSR count). The molecule has 2 aromatic rings. The van der Waals surface area contributed by atoms with Gasteiger partial charge in [-0.2, -0.15) is 0 Å². The van der Waals surface area contributed by atoms with Crippen LogP contribution < -0.4 is 19.5 Å². The van der Waals surface area contributed by atoms with Gasteiger partial charge < -0.3 is 29.5 Å². The zero-order valence-electron chi connectivity index (χ0n) is 20.1. The smallest absolute Gasteiger partial charge is 0.224 e. The fourth-order valence-electron chi connectivity index (χ4n) is 3.92. The summed E-state index contributed by atoms with van der Waals surface area (Å²) < 4.78 is 16.0. The molecule has 33 heavy (non-hydrogen) atoms. The first kappa shape index (κ1) is 24.2. The fourth-order valence-corrected chi connectivity index (χ4v) is 3.92. The molecule has 0 heterocycles. The predicted molar refractivity (Wildman–Crippen MR) is 131 cm³/mol. The quantitative estimate of drug-likeness (QED) is 0.602. The van der Waals surface area contributed by atoms with E-state index in [-0.39, 0.29) is 18.1 Å². The molecule has 0 radical (unpaired) electrons. The number of ether oxygens (including phenoxy) is 3. The average Bonchev–Trinajstić information content (AvgIpc) is 3.04. The van der Waals surface area contributed by atoms with Crippen molar-refractivity contribution in [1.29, 1.82) is 0 Å². The van der Waals surface area contributed by atoms with Crippen LogP contribution in [0.5, 0.6) is 23.0 Å². The van der Waals surface area contributed by atoms with Crippen molar-refractivity contribution >= 4 is 23.1 Å². The van der Waals surface area contributed by atoms with Gasteiger partial charge in [-0.1, -0.05) is 6.07 Å². The summed E-state index contributed by atoms with van der Waals surface area (Å²) in [6.45, 7) is 3.40. The number of hydrogen-bond acceptors (Lipinski definition) is 6. The van der Waals surface area contributed by atoms with Gasteiger partial charge in [-0.15, -0.1) is 0 Å². The number of methoxy groups -OCH3 is 3. The molecule has 1 aliphatic carbocycles. The Kier molecular flexibility index (Phi) is 7.66. The first-order chi connectivity index (χ1) is 15.8. The molecule has 0 saturated heterocycles. The molecule has 0 spiro atoms. The van der Waals surface area contributed by atoms with Crippen molar-refractivity contribution in [2.75, 3.05) is 48.5 Å². The standard InChI is InChI=1S/C26H32N2O5/c1-16-20(11-17-12-23(32-5)26(30)24(13-17)33-6)19-8-7-18(31-4)14-22(19)21(16)15-25(29)27-9-10-28(2)3/h7-8,11-14,30H,9-10,15H2,1-6H3,(H,27,29)/b20-11-. The topological polar surface area (TPSA) is 80.3 Å². The lowest BCUT2D eigenvalue weighted by molar-refractivity contribution is -0.120. The van der Waals surface area contributed by atoms with Crippen molar-refractivity contribution in [3.63, 3.8) is 0 Å². The summed E-state index contributed by atoms with van der Waals surface area (Å²) in [5.74, 6) is 1.34. The lowest BCUT2D eigenvalue weighted by Crippen LogP contribution is -2.31. The molecule has 2 aromatic carbocycles. The zero-order valence-corrected chi connectivity index (χ0v) is 20.1. The van der Waals surface area contributed by atoms with Crippen LogP contribution in [0, 0.1) is 0 Å². The number of fused-ring (bicyclic) bond motifs is 1. The van der Waals surface area contributed by atoms with Crippen LogP contribution in [0.15, 0.2) is 35.9 Å². The first-order valence-electron chi connectivity index (χ1n) is 10.8. The van der Waals surface area contributed by atoms with Crippen LogP contribution in [-0.2, 0) is 4.79 Å². The molecular weight excluding hydrogens is 420 g/mol. The van der Waals surface area contributed by atoms with E-state index in [2.05, 4.69) is 5.32 Å². The second kappa shape index (κ2) is 10.4. The van der Waals surface area contributed by atoms with E-state index in [0.29, 0.717) is 18.0 Å². The van der Waals surface area contributed by atoms with Gasteiger partial charge in [0, 0.05) is 13.1 Å². The van der Waals surface area contributed by atoms with Gasteiger partial charge >= 0.3 is 0 Å². The summed E-state index contributed by atoms with van der Waals surface area (Å²) in [6.07, 6.45) is 2.29. The van der Waals surface area contributed by atoms with E-state index in [0.717, 1.165) is 45.7 Å². The van der Waals surface area contributed by atoms with Crippen LogP contribution >= 0.6 is 0 Å². The summed E-state index contributed by atoms with van der Waals surface area (Å²) in [7, 11) is 8.58. The summed E-state index contributed by atoms with van der Waals surface area (Å²) in [4.78, 5) is 14.7. The summed E-state index contributed by atoms with van der Waals surface area (Å²) in [5.41, 5.74) is 5.81. The van der Waals surface area contributed by atoms with Crippen molar-refractivity contribution in [2.45, 2.75) is 13.3 Å². The minimum absolute atomic E-state index is 0.0193. The van der Waals surface area contributed by atoms with Crippen molar-refractivity contribution < 1.29 is 24.1 Å². The maximum atomic E-state index is 12.7. The third-order valence-electron chi connectivity index (χ3n) is 5.73. The Balaban J connectivity index is 2.03. The lowest BCUT2D eigenvalue weighted by Gasteiger charge is -2.12. The van der Waals surface area contributed by atoms with E-state index >= 15 is 0 Å². The molecule has 0 saturated carbocycles. The summed E-state index contributed by atoms with van der Waals surface area (Å²) in [5, 5.41) is 13.2. The molecule has 7 heteroatoms. The number of aromatic hydroxyl groups is 1. The van der Waals surface area contributed by atoms with Crippen molar-refractivity contribution in [1.82, 2.24) is 10.2 Å².